The summed E-state index contributed by atoms with van der Waals surface area (Å²) >= 11 is 1.42. The van der Waals surface area contributed by atoms with Crippen molar-refractivity contribution in [1.82, 2.24) is 9.38 Å². The summed E-state index contributed by atoms with van der Waals surface area (Å²) < 4.78 is 1.58. The molecule has 0 bridgehead atoms. The van der Waals surface area contributed by atoms with Gasteiger partial charge in [-0.1, -0.05) is 35.6 Å². The molecule has 1 aliphatic rings. The number of nitro groups is 1. The Morgan fingerprint density at radius 3 is 3.00 bits per heavy atom. The standard InChI is InChI=1S/C16H16N4O2S/c1-11-5-2-3-6-12(11)13-7-4-8-18(13)14-15(20(21)22)19-9-10-23-16(19)17-14/h2-3,5-6,9-10,13H,4,7-8H2,1H3. The highest BCUT2D eigenvalue weighted by Crippen LogP contribution is 2.41. The number of hydrogen-bond donors (Lipinski definition) is 0. The van der Waals surface area contributed by atoms with E-state index in [0.29, 0.717) is 10.8 Å². The molecule has 1 aromatic carbocycles. The van der Waals surface area contributed by atoms with Crippen molar-refractivity contribution < 1.29 is 4.92 Å². The minimum Gasteiger partial charge on any atom is -0.358 e. The summed E-state index contributed by atoms with van der Waals surface area (Å²) in [7, 11) is 0. The van der Waals surface area contributed by atoms with Gasteiger partial charge in [0.2, 0.25) is 5.82 Å². The summed E-state index contributed by atoms with van der Waals surface area (Å²) in [5.41, 5.74) is 2.45. The average Bonchev–Trinajstić information content (AvgIpc) is 3.21. The quantitative estimate of drug-likeness (QED) is 0.539. The van der Waals surface area contributed by atoms with Crippen LogP contribution in [0.15, 0.2) is 35.8 Å². The van der Waals surface area contributed by atoms with Crippen molar-refractivity contribution in [1.29, 1.82) is 0 Å². The summed E-state index contributed by atoms with van der Waals surface area (Å²) in [5, 5.41) is 13.4. The molecule has 7 heteroatoms. The minimum atomic E-state index is -0.324. The van der Waals surface area contributed by atoms with E-state index in [0.717, 1.165) is 19.4 Å². The van der Waals surface area contributed by atoms with Crippen LogP contribution in [0.1, 0.15) is 30.0 Å². The van der Waals surface area contributed by atoms with Crippen molar-refractivity contribution in [2.45, 2.75) is 25.8 Å². The lowest BCUT2D eigenvalue weighted by Crippen LogP contribution is -2.24. The molecule has 3 aromatic rings. The highest BCUT2D eigenvalue weighted by Gasteiger charge is 2.35. The highest BCUT2D eigenvalue weighted by molar-refractivity contribution is 7.15. The van der Waals surface area contributed by atoms with Gasteiger partial charge in [-0.2, -0.15) is 9.38 Å². The number of imidazole rings is 1. The zero-order valence-electron chi connectivity index (χ0n) is 12.7. The number of thiazole rings is 1. The Morgan fingerprint density at radius 2 is 2.22 bits per heavy atom. The number of hydrogen-bond acceptors (Lipinski definition) is 5. The summed E-state index contributed by atoms with van der Waals surface area (Å²) in [5.74, 6) is 0.564. The van der Waals surface area contributed by atoms with Gasteiger partial charge in [-0.05, 0) is 35.8 Å². The molecule has 1 saturated heterocycles. The van der Waals surface area contributed by atoms with E-state index in [4.69, 9.17) is 0 Å². The second kappa shape index (κ2) is 5.34. The van der Waals surface area contributed by atoms with E-state index in [1.807, 2.05) is 17.5 Å². The first-order valence-electron chi connectivity index (χ1n) is 7.59. The van der Waals surface area contributed by atoms with Crippen molar-refractivity contribution >= 4 is 27.9 Å². The molecular formula is C16H16N4O2S. The maximum Gasteiger partial charge on any atom is 0.373 e. The fourth-order valence-corrected chi connectivity index (χ4v) is 4.13. The summed E-state index contributed by atoms with van der Waals surface area (Å²) in [6.45, 7) is 2.89. The van der Waals surface area contributed by atoms with Gasteiger partial charge < -0.3 is 15.0 Å². The van der Waals surface area contributed by atoms with Gasteiger partial charge in [0.25, 0.3) is 4.96 Å². The maximum atomic E-state index is 11.6. The third kappa shape index (κ3) is 2.19. The number of rotatable bonds is 3. The fourth-order valence-electron chi connectivity index (χ4n) is 3.43. The molecule has 4 rings (SSSR count). The predicted octanol–water partition coefficient (Wildman–Crippen LogP) is 3.95. The van der Waals surface area contributed by atoms with Crippen LogP contribution >= 0.6 is 11.3 Å². The van der Waals surface area contributed by atoms with Gasteiger partial charge in [0.1, 0.15) is 6.20 Å². The van der Waals surface area contributed by atoms with Gasteiger partial charge >= 0.3 is 5.82 Å². The Kier molecular flexibility index (Phi) is 3.30. The number of anilines is 1. The lowest BCUT2D eigenvalue weighted by molar-refractivity contribution is -0.389. The molecule has 1 aliphatic heterocycles. The molecule has 0 saturated carbocycles. The molecule has 0 aliphatic carbocycles. The monoisotopic (exact) mass is 328 g/mol. The van der Waals surface area contributed by atoms with Crippen LogP contribution in [0.3, 0.4) is 0 Å². The molecule has 2 aromatic heterocycles. The lowest BCUT2D eigenvalue weighted by atomic mass is 9.99. The molecule has 0 N–H and O–H groups in total. The van der Waals surface area contributed by atoms with Crippen LogP contribution in [-0.2, 0) is 0 Å². The SMILES string of the molecule is Cc1ccccc1C1CCCN1c1nc2sccn2c1[N+](=O)[O-]. The molecule has 1 fully saturated rings. The number of aryl methyl sites for hydroxylation is 1. The fraction of sp³-hybridized carbons (Fsp3) is 0.312. The molecule has 0 amide bonds. The second-order valence-electron chi connectivity index (χ2n) is 5.78. The van der Waals surface area contributed by atoms with E-state index in [2.05, 4.69) is 28.9 Å². The Bertz CT molecular complexity index is 885. The van der Waals surface area contributed by atoms with E-state index in [9.17, 15) is 10.1 Å². The predicted molar refractivity (Wildman–Crippen MR) is 90.2 cm³/mol. The van der Waals surface area contributed by atoms with Crippen LogP contribution in [0.2, 0.25) is 0 Å². The van der Waals surface area contributed by atoms with Gasteiger partial charge in [0.05, 0.1) is 6.04 Å². The van der Waals surface area contributed by atoms with Crippen molar-refractivity contribution in [3.63, 3.8) is 0 Å². The van der Waals surface area contributed by atoms with Gasteiger partial charge in [-0.15, -0.1) is 0 Å². The van der Waals surface area contributed by atoms with Crippen LogP contribution in [0.25, 0.3) is 4.96 Å². The van der Waals surface area contributed by atoms with Crippen molar-refractivity contribution in [2.24, 2.45) is 0 Å². The highest BCUT2D eigenvalue weighted by atomic mass is 32.1. The van der Waals surface area contributed by atoms with Crippen LogP contribution in [0, 0.1) is 17.0 Å². The smallest absolute Gasteiger partial charge is 0.358 e. The minimum absolute atomic E-state index is 0.0711. The zero-order chi connectivity index (χ0) is 16.0. The topological polar surface area (TPSA) is 63.7 Å². The van der Waals surface area contributed by atoms with Crippen molar-refractivity contribution in [3.8, 4) is 0 Å². The van der Waals surface area contributed by atoms with E-state index < -0.39 is 0 Å². The van der Waals surface area contributed by atoms with Crippen molar-refractivity contribution in [3.05, 3.63) is 57.1 Å². The molecule has 23 heavy (non-hydrogen) atoms. The zero-order valence-corrected chi connectivity index (χ0v) is 13.5. The molecular weight excluding hydrogens is 312 g/mol. The Morgan fingerprint density at radius 1 is 1.39 bits per heavy atom. The van der Waals surface area contributed by atoms with Crippen LogP contribution in [0.4, 0.5) is 11.6 Å². The normalized spacial score (nSPS) is 18.0. The third-order valence-corrected chi connectivity index (χ3v) is 5.22. The number of benzene rings is 1. The number of fused-ring (bicyclic) bond motifs is 1. The average molecular weight is 328 g/mol. The van der Waals surface area contributed by atoms with E-state index >= 15 is 0 Å². The first kappa shape index (κ1) is 14.2. The summed E-state index contributed by atoms with van der Waals surface area (Å²) in [6, 6.07) is 8.40. The number of nitrogens with zero attached hydrogens (tertiary/aromatic N) is 4. The Labute approximate surface area is 137 Å². The van der Waals surface area contributed by atoms with Gasteiger partial charge in [0.15, 0.2) is 0 Å². The molecule has 3 heterocycles. The first-order chi connectivity index (χ1) is 11.2. The van der Waals surface area contributed by atoms with Gasteiger partial charge in [-0.3, -0.25) is 0 Å². The van der Waals surface area contributed by atoms with Crippen LogP contribution < -0.4 is 4.90 Å². The third-order valence-electron chi connectivity index (χ3n) is 4.46. The maximum absolute atomic E-state index is 11.6. The Balaban J connectivity index is 1.83. The van der Waals surface area contributed by atoms with E-state index in [1.54, 1.807) is 10.6 Å². The molecule has 1 atom stereocenters. The van der Waals surface area contributed by atoms with E-state index in [-0.39, 0.29) is 16.8 Å². The molecule has 6 nitrogen and oxygen atoms in total. The second-order valence-corrected chi connectivity index (χ2v) is 6.65. The summed E-state index contributed by atoms with van der Waals surface area (Å²) in [6.07, 6.45) is 3.72. The van der Waals surface area contributed by atoms with Crippen molar-refractivity contribution in [2.75, 3.05) is 11.4 Å². The molecule has 0 radical (unpaired) electrons. The largest absolute Gasteiger partial charge is 0.373 e. The van der Waals surface area contributed by atoms with Gasteiger partial charge in [0, 0.05) is 11.9 Å². The van der Waals surface area contributed by atoms with Crippen LogP contribution in [-0.4, -0.2) is 20.9 Å². The van der Waals surface area contributed by atoms with Gasteiger partial charge in [-0.25, -0.2) is 0 Å². The van der Waals surface area contributed by atoms with Crippen LogP contribution in [0.5, 0.6) is 0 Å². The molecule has 0 spiro atoms. The first-order valence-corrected chi connectivity index (χ1v) is 8.47. The Hall–Kier alpha value is -2.41. The van der Waals surface area contributed by atoms with E-state index in [1.165, 1.54) is 22.5 Å². The number of aromatic nitrogens is 2. The lowest BCUT2D eigenvalue weighted by Gasteiger charge is -2.25. The molecule has 1 unspecified atom stereocenters. The summed E-state index contributed by atoms with van der Waals surface area (Å²) in [4.78, 5) is 18.6. The molecule has 118 valence electrons.